The Balaban J connectivity index is 1.98. The molecule has 1 N–H and O–H groups in total. The van der Waals surface area contributed by atoms with Crippen LogP contribution in [0.4, 0.5) is 4.39 Å². The first-order valence-corrected chi connectivity index (χ1v) is 5.85. The molecule has 1 aromatic carbocycles. The maximum Gasteiger partial charge on any atom is 0.127 e. The van der Waals surface area contributed by atoms with Crippen molar-refractivity contribution in [3.63, 3.8) is 0 Å². The average Bonchev–Trinajstić information content (AvgIpc) is 2.79. The van der Waals surface area contributed by atoms with E-state index in [9.17, 15) is 4.39 Å². The fraction of sp³-hybridized carbons (Fsp3) is 0.273. The van der Waals surface area contributed by atoms with Crippen molar-refractivity contribution in [3.05, 3.63) is 46.7 Å². The predicted molar refractivity (Wildman–Crippen MR) is 61.6 cm³/mol. The van der Waals surface area contributed by atoms with Gasteiger partial charge >= 0.3 is 0 Å². The lowest BCUT2D eigenvalue weighted by Crippen LogP contribution is -2.19. The van der Waals surface area contributed by atoms with Crippen LogP contribution in [0.5, 0.6) is 0 Å². The van der Waals surface area contributed by atoms with Crippen molar-refractivity contribution >= 4 is 11.5 Å². The summed E-state index contributed by atoms with van der Waals surface area (Å²) in [6, 6.07) is 6.74. The second-order valence-corrected chi connectivity index (χ2v) is 4.13. The number of rotatable bonds is 4. The molecule has 0 saturated carbocycles. The van der Waals surface area contributed by atoms with Crippen LogP contribution >= 0.6 is 11.5 Å². The van der Waals surface area contributed by atoms with E-state index in [1.807, 2.05) is 18.4 Å². The monoisotopic (exact) mass is 237 g/mol. The van der Waals surface area contributed by atoms with Gasteiger partial charge in [0.1, 0.15) is 5.82 Å². The first-order chi connectivity index (χ1) is 7.77. The SMILES string of the molecule is C[C@@H](NCc1csnn1)c1ccccc1F. The fourth-order valence-corrected chi connectivity index (χ4v) is 1.91. The molecule has 5 heteroatoms. The summed E-state index contributed by atoms with van der Waals surface area (Å²) < 4.78 is 17.2. The number of aromatic nitrogens is 2. The summed E-state index contributed by atoms with van der Waals surface area (Å²) in [6.45, 7) is 2.53. The maximum absolute atomic E-state index is 13.4. The highest BCUT2D eigenvalue weighted by Gasteiger charge is 2.09. The molecule has 0 aliphatic rings. The van der Waals surface area contributed by atoms with Crippen molar-refractivity contribution in [2.24, 2.45) is 0 Å². The van der Waals surface area contributed by atoms with Gasteiger partial charge in [-0.15, -0.1) is 5.10 Å². The number of hydrogen-bond donors (Lipinski definition) is 1. The quantitative estimate of drug-likeness (QED) is 0.888. The number of benzene rings is 1. The molecule has 1 atom stereocenters. The lowest BCUT2D eigenvalue weighted by atomic mass is 10.1. The van der Waals surface area contributed by atoms with E-state index in [2.05, 4.69) is 14.9 Å². The number of nitrogens with one attached hydrogen (secondary N) is 1. The Hall–Kier alpha value is -1.33. The van der Waals surface area contributed by atoms with Crippen LogP contribution in [0.15, 0.2) is 29.6 Å². The van der Waals surface area contributed by atoms with Gasteiger partial charge in [0, 0.05) is 23.5 Å². The first-order valence-electron chi connectivity index (χ1n) is 5.01. The fourth-order valence-electron chi connectivity index (χ4n) is 1.45. The van der Waals surface area contributed by atoms with Crippen molar-refractivity contribution in [3.8, 4) is 0 Å². The summed E-state index contributed by atoms with van der Waals surface area (Å²) in [5.74, 6) is -0.182. The minimum Gasteiger partial charge on any atom is -0.304 e. The van der Waals surface area contributed by atoms with E-state index in [1.165, 1.54) is 17.6 Å². The van der Waals surface area contributed by atoms with Gasteiger partial charge in [-0.1, -0.05) is 22.7 Å². The molecule has 0 amide bonds. The number of halogens is 1. The van der Waals surface area contributed by atoms with Crippen molar-refractivity contribution in [1.29, 1.82) is 0 Å². The molecule has 16 heavy (non-hydrogen) atoms. The van der Waals surface area contributed by atoms with Crippen LogP contribution in [0.25, 0.3) is 0 Å². The topological polar surface area (TPSA) is 37.8 Å². The summed E-state index contributed by atoms with van der Waals surface area (Å²) in [5, 5.41) is 9.00. The van der Waals surface area contributed by atoms with Crippen molar-refractivity contribution < 1.29 is 4.39 Å². The minimum atomic E-state index is -0.182. The third-order valence-corrected chi connectivity index (χ3v) is 2.92. The van der Waals surface area contributed by atoms with Crippen LogP contribution < -0.4 is 5.32 Å². The smallest absolute Gasteiger partial charge is 0.127 e. The zero-order chi connectivity index (χ0) is 11.4. The summed E-state index contributed by atoms with van der Waals surface area (Å²) in [7, 11) is 0. The van der Waals surface area contributed by atoms with Gasteiger partial charge in [-0.2, -0.15) is 0 Å². The molecule has 2 aromatic rings. The van der Waals surface area contributed by atoms with Gasteiger partial charge in [0.25, 0.3) is 0 Å². The van der Waals surface area contributed by atoms with E-state index >= 15 is 0 Å². The highest BCUT2D eigenvalue weighted by atomic mass is 32.1. The Labute approximate surface area is 97.5 Å². The van der Waals surface area contributed by atoms with Gasteiger partial charge in [0.15, 0.2) is 0 Å². The van der Waals surface area contributed by atoms with E-state index in [1.54, 1.807) is 12.1 Å². The van der Waals surface area contributed by atoms with E-state index < -0.39 is 0 Å². The predicted octanol–water partition coefficient (Wildman–Crippen LogP) is 2.53. The highest BCUT2D eigenvalue weighted by Crippen LogP contribution is 2.16. The lowest BCUT2D eigenvalue weighted by Gasteiger charge is -2.13. The van der Waals surface area contributed by atoms with Crippen molar-refractivity contribution in [2.45, 2.75) is 19.5 Å². The summed E-state index contributed by atoms with van der Waals surface area (Å²) in [5.41, 5.74) is 1.55. The van der Waals surface area contributed by atoms with Crippen molar-refractivity contribution in [1.82, 2.24) is 14.9 Å². The highest BCUT2D eigenvalue weighted by molar-refractivity contribution is 7.03. The first kappa shape index (κ1) is 11.2. The standard InChI is InChI=1S/C11H12FN3S/c1-8(10-4-2-3-5-11(10)12)13-6-9-7-16-15-14-9/h2-5,7-8,13H,6H2,1H3/t8-/m1/s1. The van der Waals surface area contributed by atoms with Crippen LogP contribution in [-0.2, 0) is 6.54 Å². The van der Waals surface area contributed by atoms with Gasteiger partial charge in [0.2, 0.25) is 0 Å². The van der Waals surface area contributed by atoms with Gasteiger partial charge in [-0.3, -0.25) is 0 Å². The Kier molecular flexibility index (Phi) is 3.58. The zero-order valence-electron chi connectivity index (χ0n) is 8.85. The van der Waals surface area contributed by atoms with Gasteiger partial charge in [-0.25, -0.2) is 4.39 Å². The molecule has 2 rings (SSSR count). The van der Waals surface area contributed by atoms with E-state index in [4.69, 9.17) is 0 Å². The molecule has 1 heterocycles. The largest absolute Gasteiger partial charge is 0.304 e. The third-order valence-electron chi connectivity index (χ3n) is 2.37. The molecule has 0 unspecified atom stereocenters. The van der Waals surface area contributed by atoms with Gasteiger partial charge in [-0.05, 0) is 24.5 Å². The summed E-state index contributed by atoms with van der Waals surface area (Å²) in [6.07, 6.45) is 0. The molecule has 0 aliphatic heterocycles. The van der Waals surface area contributed by atoms with E-state index in [0.29, 0.717) is 12.1 Å². The second-order valence-electron chi connectivity index (χ2n) is 3.52. The van der Waals surface area contributed by atoms with Gasteiger partial charge in [0.05, 0.1) is 5.69 Å². The third kappa shape index (κ3) is 2.62. The zero-order valence-corrected chi connectivity index (χ0v) is 9.67. The molecule has 0 saturated heterocycles. The Bertz CT molecular complexity index is 444. The minimum absolute atomic E-state index is 0.0390. The van der Waals surface area contributed by atoms with Crippen LogP contribution in [0.2, 0.25) is 0 Å². The molecule has 84 valence electrons. The number of hydrogen-bond acceptors (Lipinski definition) is 4. The molecule has 0 spiro atoms. The number of nitrogens with zero attached hydrogens (tertiary/aromatic N) is 2. The van der Waals surface area contributed by atoms with Crippen LogP contribution in [0, 0.1) is 5.82 Å². The second kappa shape index (κ2) is 5.14. The van der Waals surface area contributed by atoms with Crippen LogP contribution in [0.1, 0.15) is 24.2 Å². The van der Waals surface area contributed by atoms with E-state index in [-0.39, 0.29) is 11.9 Å². The van der Waals surface area contributed by atoms with Crippen LogP contribution in [0.3, 0.4) is 0 Å². The normalized spacial score (nSPS) is 12.6. The van der Waals surface area contributed by atoms with Gasteiger partial charge < -0.3 is 5.32 Å². The van der Waals surface area contributed by atoms with Crippen molar-refractivity contribution in [2.75, 3.05) is 0 Å². The molecular weight excluding hydrogens is 225 g/mol. The molecular formula is C11H12FN3S. The Morgan fingerprint density at radius 1 is 1.44 bits per heavy atom. The van der Waals surface area contributed by atoms with E-state index in [0.717, 1.165) is 5.69 Å². The van der Waals surface area contributed by atoms with Crippen LogP contribution in [-0.4, -0.2) is 9.59 Å². The molecule has 3 nitrogen and oxygen atoms in total. The summed E-state index contributed by atoms with van der Waals surface area (Å²) in [4.78, 5) is 0. The maximum atomic E-state index is 13.4. The Morgan fingerprint density at radius 3 is 2.94 bits per heavy atom. The Morgan fingerprint density at radius 2 is 2.25 bits per heavy atom. The summed E-state index contributed by atoms with van der Waals surface area (Å²) >= 11 is 1.32. The average molecular weight is 237 g/mol. The lowest BCUT2D eigenvalue weighted by molar-refractivity contribution is 0.524. The molecule has 0 fully saturated rings. The molecule has 0 bridgehead atoms. The molecule has 1 aromatic heterocycles. The molecule has 0 aliphatic carbocycles. The molecule has 0 radical (unpaired) electrons.